The van der Waals surface area contributed by atoms with Crippen molar-refractivity contribution < 1.29 is 14.0 Å². The minimum atomic E-state index is -0.140. The lowest BCUT2D eigenvalue weighted by Crippen LogP contribution is -2.50. The molecule has 2 bridgehead atoms. The number of ether oxygens (including phenoxy) is 2. The van der Waals surface area contributed by atoms with Crippen LogP contribution in [0.3, 0.4) is 0 Å². The Morgan fingerprint density at radius 3 is 2.38 bits per heavy atom. The summed E-state index contributed by atoms with van der Waals surface area (Å²) in [5.74, 6) is 1.32. The summed E-state index contributed by atoms with van der Waals surface area (Å²) in [4.78, 5) is 11.9. The van der Waals surface area contributed by atoms with E-state index >= 15 is 0 Å². The number of para-hydroxylation sites is 1. The molecule has 0 spiro atoms. The number of halogens is 2. The Bertz CT molecular complexity index is 1600. The number of benzene rings is 1. The fraction of sp³-hybridized carbons (Fsp3) is 0.485. The van der Waals surface area contributed by atoms with E-state index in [4.69, 9.17) is 42.2 Å². The molecule has 1 aromatic carbocycles. The highest BCUT2D eigenvalue weighted by Gasteiger charge is 2.51. The molecular formula is C33H34Cl2N4O3. The van der Waals surface area contributed by atoms with Gasteiger partial charge < -0.3 is 18.9 Å². The minimum Gasteiger partial charge on any atom is -0.378 e. The zero-order valence-electron chi connectivity index (χ0n) is 23.6. The number of pyridine rings is 2. The predicted octanol–water partition coefficient (Wildman–Crippen LogP) is 7.87. The molecule has 9 heteroatoms. The van der Waals surface area contributed by atoms with Crippen molar-refractivity contribution in [3.8, 4) is 11.3 Å². The first-order valence-corrected chi connectivity index (χ1v) is 15.9. The molecule has 42 heavy (non-hydrogen) atoms. The fourth-order valence-corrected chi connectivity index (χ4v) is 7.97. The largest absolute Gasteiger partial charge is 0.378 e. The molecule has 4 saturated carbocycles. The third-order valence-corrected chi connectivity index (χ3v) is 10.7. The van der Waals surface area contributed by atoms with Crippen molar-refractivity contribution >= 4 is 39.8 Å². The molecule has 5 aliphatic rings. The van der Waals surface area contributed by atoms with Gasteiger partial charge >= 0.3 is 0 Å². The van der Waals surface area contributed by atoms with Crippen molar-refractivity contribution in [2.75, 3.05) is 31.2 Å². The Hall–Kier alpha value is -2.71. The number of anilines is 1. The summed E-state index contributed by atoms with van der Waals surface area (Å²) in [5.41, 5.74) is 5.89. The monoisotopic (exact) mass is 604 g/mol. The van der Waals surface area contributed by atoms with Crippen molar-refractivity contribution in [1.82, 2.24) is 15.1 Å². The molecule has 0 unspecified atom stereocenters. The summed E-state index contributed by atoms with van der Waals surface area (Å²) in [5, 5.41) is 6.58. The Kier molecular flexibility index (Phi) is 6.71. The van der Waals surface area contributed by atoms with Gasteiger partial charge in [0, 0.05) is 59.0 Å². The Morgan fingerprint density at radius 2 is 1.67 bits per heavy atom. The van der Waals surface area contributed by atoms with Crippen LogP contribution in [0.5, 0.6) is 0 Å². The molecule has 0 atom stereocenters. The number of aromatic nitrogens is 3. The summed E-state index contributed by atoms with van der Waals surface area (Å²) < 4.78 is 18.4. The second-order valence-electron chi connectivity index (χ2n) is 12.5. The average Bonchev–Trinajstić information content (AvgIpc) is 3.80. The number of hydrogen-bond acceptors (Lipinski definition) is 7. The quantitative estimate of drug-likeness (QED) is 0.212. The second-order valence-corrected chi connectivity index (χ2v) is 13.3. The van der Waals surface area contributed by atoms with Crippen LogP contribution in [0.2, 0.25) is 10.0 Å². The molecule has 9 rings (SSSR count). The summed E-state index contributed by atoms with van der Waals surface area (Å²) in [6.45, 7) is 3.80. The molecule has 0 amide bonds. The van der Waals surface area contributed by atoms with Crippen molar-refractivity contribution in [1.29, 1.82) is 0 Å². The Morgan fingerprint density at radius 1 is 0.929 bits per heavy atom. The van der Waals surface area contributed by atoms with Crippen molar-refractivity contribution in [2.45, 2.75) is 74.9 Å². The topological polar surface area (TPSA) is 73.5 Å². The standard InChI is InChI=1S/C33H34Cl2N4O3/c34-24-18-36-19-25(35)28(24)30-23(31(42-38-30)22-4-5-22)20-41-33-11-8-32(9-12-33,10-13-33)27-7-6-21-2-1-3-26(29(21)37-27)39-14-16-40-17-15-39/h1-3,6-7,18-19,22H,4-5,8-17,20H2. The van der Waals surface area contributed by atoms with Crippen LogP contribution in [0.4, 0.5) is 5.69 Å². The van der Waals surface area contributed by atoms with Crippen molar-refractivity contribution in [3.63, 3.8) is 0 Å². The highest BCUT2D eigenvalue weighted by Crippen LogP contribution is 2.55. The van der Waals surface area contributed by atoms with Gasteiger partial charge in [-0.2, -0.15) is 0 Å². The van der Waals surface area contributed by atoms with E-state index in [0.29, 0.717) is 33.8 Å². The lowest BCUT2D eigenvalue weighted by molar-refractivity contribution is -0.127. The van der Waals surface area contributed by atoms with Crippen LogP contribution in [-0.2, 0) is 21.5 Å². The first-order valence-electron chi connectivity index (χ1n) is 15.2. The molecule has 3 aromatic heterocycles. The Labute approximate surface area is 255 Å². The van der Waals surface area contributed by atoms with E-state index in [2.05, 4.69) is 45.4 Å². The highest BCUT2D eigenvalue weighted by atomic mass is 35.5. The SMILES string of the molecule is Clc1cncc(Cl)c1-c1noc(C2CC2)c1COC12CCC(c3ccc4cccc(N5CCOCC5)c4n3)(CC1)CC2. The maximum absolute atomic E-state index is 6.87. The summed E-state index contributed by atoms with van der Waals surface area (Å²) in [6.07, 6.45) is 11.7. The lowest BCUT2D eigenvalue weighted by Gasteiger charge is -2.53. The smallest absolute Gasteiger partial charge is 0.145 e. The number of hydrogen-bond donors (Lipinski definition) is 0. The lowest BCUT2D eigenvalue weighted by atomic mass is 9.57. The highest BCUT2D eigenvalue weighted by molar-refractivity contribution is 6.38. The number of nitrogens with zero attached hydrogens (tertiary/aromatic N) is 4. The van der Waals surface area contributed by atoms with E-state index in [1.165, 1.54) is 16.8 Å². The molecule has 0 radical (unpaired) electrons. The Balaban J connectivity index is 1.03. The average molecular weight is 606 g/mol. The van der Waals surface area contributed by atoms with Gasteiger partial charge in [0.1, 0.15) is 11.5 Å². The number of morpholine rings is 1. The summed E-state index contributed by atoms with van der Waals surface area (Å²) >= 11 is 13.1. The third-order valence-electron chi connectivity index (χ3n) is 10.2. The minimum absolute atomic E-state index is 0.108. The molecular weight excluding hydrogens is 571 g/mol. The first kappa shape index (κ1) is 26.9. The van der Waals surface area contributed by atoms with Gasteiger partial charge in [0.25, 0.3) is 0 Å². The van der Waals surface area contributed by atoms with E-state index in [1.54, 1.807) is 12.4 Å². The van der Waals surface area contributed by atoms with Gasteiger partial charge in [-0.15, -0.1) is 0 Å². The maximum atomic E-state index is 6.87. The zero-order valence-corrected chi connectivity index (χ0v) is 25.1. The molecule has 218 valence electrons. The number of fused-ring (bicyclic) bond motifs is 4. The van der Waals surface area contributed by atoms with Gasteiger partial charge in [-0.1, -0.05) is 46.6 Å². The molecule has 4 aromatic rings. The third kappa shape index (κ3) is 4.60. The molecule has 5 fully saturated rings. The summed E-state index contributed by atoms with van der Waals surface area (Å²) in [6, 6.07) is 11.1. The first-order chi connectivity index (χ1) is 20.5. The van der Waals surface area contributed by atoms with Gasteiger partial charge in [0.2, 0.25) is 0 Å². The van der Waals surface area contributed by atoms with Gasteiger partial charge in [-0.3, -0.25) is 9.97 Å². The van der Waals surface area contributed by atoms with Crippen molar-refractivity contribution in [2.24, 2.45) is 0 Å². The molecule has 0 N–H and O–H groups in total. The van der Waals surface area contributed by atoms with Crippen molar-refractivity contribution in [3.05, 3.63) is 69.8 Å². The van der Waals surface area contributed by atoms with Crippen LogP contribution in [0.15, 0.2) is 47.2 Å². The fourth-order valence-electron chi connectivity index (χ4n) is 7.43. The van der Waals surface area contributed by atoms with E-state index < -0.39 is 0 Å². The van der Waals surface area contributed by atoms with Gasteiger partial charge in [-0.25, -0.2) is 0 Å². The van der Waals surface area contributed by atoms with Crippen LogP contribution in [0.1, 0.15) is 74.3 Å². The normalized spacial score (nSPS) is 25.8. The molecule has 1 aliphatic heterocycles. The number of rotatable bonds is 7. The predicted molar refractivity (Wildman–Crippen MR) is 163 cm³/mol. The van der Waals surface area contributed by atoms with Crippen LogP contribution >= 0.6 is 23.2 Å². The van der Waals surface area contributed by atoms with E-state index in [-0.39, 0.29) is 11.0 Å². The van der Waals surface area contributed by atoms with Crippen LogP contribution < -0.4 is 4.90 Å². The van der Waals surface area contributed by atoms with Crippen LogP contribution in [-0.4, -0.2) is 47.0 Å². The van der Waals surface area contributed by atoms with Gasteiger partial charge in [0.15, 0.2) is 0 Å². The summed E-state index contributed by atoms with van der Waals surface area (Å²) in [7, 11) is 0. The second kappa shape index (κ2) is 10.5. The molecule has 4 heterocycles. The van der Waals surface area contributed by atoms with Gasteiger partial charge in [0.05, 0.1) is 46.7 Å². The van der Waals surface area contributed by atoms with E-state index in [1.807, 2.05) is 0 Å². The van der Waals surface area contributed by atoms with Crippen LogP contribution in [0, 0.1) is 0 Å². The van der Waals surface area contributed by atoms with E-state index in [0.717, 1.165) is 94.5 Å². The van der Waals surface area contributed by atoms with E-state index in [9.17, 15) is 0 Å². The molecule has 7 nitrogen and oxygen atoms in total. The van der Waals surface area contributed by atoms with Gasteiger partial charge in [-0.05, 0) is 63.5 Å². The molecule has 4 aliphatic carbocycles. The van der Waals surface area contributed by atoms with Crippen LogP contribution in [0.25, 0.3) is 22.2 Å². The maximum Gasteiger partial charge on any atom is 0.145 e. The zero-order chi connectivity index (χ0) is 28.3. The molecule has 1 saturated heterocycles.